The third-order valence-electron chi connectivity index (χ3n) is 3.23. The number of halogens is 1. The lowest BCUT2D eigenvalue weighted by Gasteiger charge is -2.13. The van der Waals surface area contributed by atoms with Crippen LogP contribution in [0.3, 0.4) is 0 Å². The highest BCUT2D eigenvalue weighted by atomic mass is 35.5. The molecule has 2 aromatic rings. The molecule has 118 valence electrons. The highest BCUT2D eigenvalue weighted by Crippen LogP contribution is 2.25. The standard InChI is InChI=1S/C16H22ClN5/c1-11-10-15(20-14-7-5-6-13(17)12(14)2)21-16(19-11)18-8-9-22(3)4/h5-7,10H,8-9H2,1-4H3,(H2,18,19,20,21). The van der Waals surface area contributed by atoms with E-state index in [1.807, 2.05) is 52.2 Å². The van der Waals surface area contributed by atoms with Crippen molar-refractivity contribution in [2.24, 2.45) is 0 Å². The fourth-order valence-electron chi connectivity index (χ4n) is 1.98. The zero-order chi connectivity index (χ0) is 16.1. The molecule has 0 saturated heterocycles. The van der Waals surface area contributed by atoms with Crippen molar-refractivity contribution in [1.29, 1.82) is 0 Å². The molecule has 0 unspecified atom stereocenters. The normalized spacial score (nSPS) is 10.8. The van der Waals surface area contributed by atoms with E-state index in [0.717, 1.165) is 40.9 Å². The first kappa shape index (κ1) is 16.5. The van der Waals surface area contributed by atoms with Crippen molar-refractivity contribution in [1.82, 2.24) is 14.9 Å². The van der Waals surface area contributed by atoms with Gasteiger partial charge in [-0.1, -0.05) is 17.7 Å². The van der Waals surface area contributed by atoms with Gasteiger partial charge in [-0.3, -0.25) is 0 Å². The lowest BCUT2D eigenvalue weighted by Crippen LogP contribution is -2.21. The van der Waals surface area contributed by atoms with Crippen LogP contribution in [0.25, 0.3) is 0 Å². The van der Waals surface area contributed by atoms with Gasteiger partial charge in [0.15, 0.2) is 0 Å². The third kappa shape index (κ3) is 4.58. The minimum absolute atomic E-state index is 0.629. The Balaban J connectivity index is 2.14. The molecule has 22 heavy (non-hydrogen) atoms. The number of benzene rings is 1. The summed E-state index contributed by atoms with van der Waals surface area (Å²) >= 11 is 6.15. The molecule has 0 amide bonds. The molecule has 0 aliphatic carbocycles. The molecular weight excluding hydrogens is 298 g/mol. The van der Waals surface area contributed by atoms with Crippen LogP contribution in [0.1, 0.15) is 11.3 Å². The number of nitrogens with zero attached hydrogens (tertiary/aromatic N) is 3. The minimum Gasteiger partial charge on any atom is -0.353 e. The molecule has 0 fully saturated rings. The Hall–Kier alpha value is -1.85. The molecule has 0 radical (unpaired) electrons. The van der Waals surface area contributed by atoms with Gasteiger partial charge < -0.3 is 15.5 Å². The number of aryl methyl sites for hydroxylation is 1. The van der Waals surface area contributed by atoms with Gasteiger partial charge in [0.25, 0.3) is 0 Å². The van der Waals surface area contributed by atoms with Crippen LogP contribution in [0.15, 0.2) is 24.3 Å². The average molecular weight is 320 g/mol. The van der Waals surface area contributed by atoms with Crippen LogP contribution < -0.4 is 10.6 Å². The highest BCUT2D eigenvalue weighted by Gasteiger charge is 2.06. The highest BCUT2D eigenvalue weighted by molar-refractivity contribution is 6.31. The van der Waals surface area contributed by atoms with Crippen LogP contribution in [-0.2, 0) is 0 Å². The molecule has 2 rings (SSSR count). The smallest absolute Gasteiger partial charge is 0.224 e. The zero-order valence-electron chi connectivity index (χ0n) is 13.4. The van der Waals surface area contributed by atoms with E-state index < -0.39 is 0 Å². The SMILES string of the molecule is Cc1cc(Nc2cccc(Cl)c2C)nc(NCCN(C)C)n1. The van der Waals surface area contributed by atoms with E-state index in [9.17, 15) is 0 Å². The second-order valence-corrected chi connectivity index (χ2v) is 5.89. The summed E-state index contributed by atoms with van der Waals surface area (Å²) in [5, 5.41) is 7.28. The van der Waals surface area contributed by atoms with E-state index in [1.54, 1.807) is 0 Å². The monoisotopic (exact) mass is 319 g/mol. The molecule has 2 N–H and O–H groups in total. The molecule has 1 heterocycles. The van der Waals surface area contributed by atoms with E-state index in [1.165, 1.54) is 0 Å². The Morgan fingerprint density at radius 1 is 1.18 bits per heavy atom. The number of hydrogen-bond acceptors (Lipinski definition) is 5. The van der Waals surface area contributed by atoms with Gasteiger partial charge in [0, 0.05) is 35.6 Å². The first-order valence-electron chi connectivity index (χ1n) is 7.22. The van der Waals surface area contributed by atoms with E-state index >= 15 is 0 Å². The summed E-state index contributed by atoms with van der Waals surface area (Å²) in [5.74, 6) is 1.38. The summed E-state index contributed by atoms with van der Waals surface area (Å²) in [5.41, 5.74) is 2.86. The Labute approximate surface area is 136 Å². The predicted octanol–water partition coefficient (Wildman–Crippen LogP) is 3.46. The maximum absolute atomic E-state index is 6.15. The van der Waals surface area contributed by atoms with Crippen LogP contribution in [-0.4, -0.2) is 42.1 Å². The maximum atomic E-state index is 6.15. The molecule has 6 heteroatoms. The fraction of sp³-hybridized carbons (Fsp3) is 0.375. The van der Waals surface area contributed by atoms with Gasteiger partial charge in [-0.2, -0.15) is 4.98 Å². The van der Waals surface area contributed by atoms with Gasteiger partial charge in [-0.15, -0.1) is 0 Å². The number of likely N-dealkylation sites (N-methyl/N-ethyl adjacent to an activating group) is 1. The van der Waals surface area contributed by atoms with Gasteiger partial charge in [-0.25, -0.2) is 4.98 Å². The molecule has 1 aromatic carbocycles. The Morgan fingerprint density at radius 3 is 2.68 bits per heavy atom. The average Bonchev–Trinajstić information content (AvgIpc) is 2.43. The quantitative estimate of drug-likeness (QED) is 0.854. The number of nitrogens with one attached hydrogen (secondary N) is 2. The van der Waals surface area contributed by atoms with Gasteiger partial charge in [0.05, 0.1) is 0 Å². The Morgan fingerprint density at radius 2 is 1.95 bits per heavy atom. The van der Waals surface area contributed by atoms with Crippen LogP contribution in [0.2, 0.25) is 5.02 Å². The molecule has 0 saturated carbocycles. The molecule has 0 atom stereocenters. The first-order valence-corrected chi connectivity index (χ1v) is 7.60. The molecule has 0 spiro atoms. The van der Waals surface area contributed by atoms with E-state index in [4.69, 9.17) is 11.6 Å². The van der Waals surface area contributed by atoms with Crippen molar-refractivity contribution in [2.45, 2.75) is 13.8 Å². The second kappa shape index (κ2) is 7.42. The van der Waals surface area contributed by atoms with Crippen LogP contribution in [0.4, 0.5) is 17.5 Å². The zero-order valence-corrected chi connectivity index (χ0v) is 14.2. The molecular formula is C16H22ClN5. The lowest BCUT2D eigenvalue weighted by molar-refractivity contribution is 0.425. The number of aromatic nitrogens is 2. The third-order valence-corrected chi connectivity index (χ3v) is 3.64. The van der Waals surface area contributed by atoms with E-state index in [-0.39, 0.29) is 0 Å². The Bertz CT molecular complexity index is 642. The van der Waals surface area contributed by atoms with Crippen molar-refractivity contribution in [3.63, 3.8) is 0 Å². The van der Waals surface area contributed by atoms with Crippen molar-refractivity contribution in [3.8, 4) is 0 Å². The second-order valence-electron chi connectivity index (χ2n) is 5.49. The molecule has 5 nitrogen and oxygen atoms in total. The van der Waals surface area contributed by atoms with E-state index in [0.29, 0.717) is 5.95 Å². The number of anilines is 3. The van der Waals surface area contributed by atoms with Gasteiger partial charge in [0.2, 0.25) is 5.95 Å². The summed E-state index contributed by atoms with van der Waals surface area (Å²) in [6.07, 6.45) is 0. The maximum Gasteiger partial charge on any atom is 0.224 e. The van der Waals surface area contributed by atoms with Crippen LogP contribution in [0.5, 0.6) is 0 Å². The summed E-state index contributed by atoms with van der Waals surface area (Å²) in [4.78, 5) is 11.0. The van der Waals surface area contributed by atoms with Crippen molar-refractivity contribution >= 4 is 29.1 Å². The Kier molecular flexibility index (Phi) is 5.57. The van der Waals surface area contributed by atoms with E-state index in [2.05, 4.69) is 25.5 Å². The van der Waals surface area contributed by atoms with Crippen molar-refractivity contribution < 1.29 is 0 Å². The largest absolute Gasteiger partial charge is 0.353 e. The van der Waals surface area contributed by atoms with Crippen LogP contribution in [0, 0.1) is 13.8 Å². The van der Waals surface area contributed by atoms with Crippen molar-refractivity contribution in [2.75, 3.05) is 37.8 Å². The summed E-state index contributed by atoms with van der Waals surface area (Å²) in [6, 6.07) is 7.69. The molecule has 0 aliphatic heterocycles. The van der Waals surface area contributed by atoms with Crippen LogP contribution >= 0.6 is 11.6 Å². The topological polar surface area (TPSA) is 53.1 Å². The molecule has 0 bridgehead atoms. The minimum atomic E-state index is 0.629. The van der Waals surface area contributed by atoms with Gasteiger partial charge in [-0.05, 0) is 45.6 Å². The van der Waals surface area contributed by atoms with Gasteiger partial charge >= 0.3 is 0 Å². The lowest BCUT2D eigenvalue weighted by atomic mass is 10.2. The van der Waals surface area contributed by atoms with Crippen molar-refractivity contribution in [3.05, 3.63) is 40.5 Å². The number of hydrogen-bond donors (Lipinski definition) is 2. The van der Waals surface area contributed by atoms with Gasteiger partial charge in [0.1, 0.15) is 5.82 Å². The first-order chi connectivity index (χ1) is 10.5. The summed E-state index contributed by atoms with van der Waals surface area (Å²) in [7, 11) is 4.07. The molecule has 1 aromatic heterocycles. The predicted molar refractivity (Wildman–Crippen MR) is 93.3 cm³/mol. The summed E-state index contributed by atoms with van der Waals surface area (Å²) < 4.78 is 0. The molecule has 0 aliphatic rings. The fourth-order valence-corrected chi connectivity index (χ4v) is 2.16. The summed E-state index contributed by atoms with van der Waals surface area (Å²) in [6.45, 7) is 5.66. The number of rotatable bonds is 6.